The number of thiophene rings is 1. The first-order chi connectivity index (χ1) is 10.1. The van der Waals surface area contributed by atoms with Crippen LogP contribution in [-0.2, 0) is 12.0 Å². The zero-order chi connectivity index (χ0) is 14.9. The number of hydrogen-bond acceptors (Lipinski definition) is 3. The zero-order valence-corrected chi connectivity index (χ0v) is 13.0. The van der Waals surface area contributed by atoms with E-state index in [9.17, 15) is 5.11 Å². The van der Waals surface area contributed by atoms with Crippen LogP contribution in [0.3, 0.4) is 0 Å². The quantitative estimate of drug-likeness (QED) is 0.775. The first kappa shape index (κ1) is 14.1. The predicted octanol–water partition coefficient (Wildman–Crippen LogP) is 4.36. The standard InChI is InChI=1S/C18H18O2S/c1-18(19,12-14-8-3-5-9-15(14)20-2)17-11-13-7-4-6-10-16(13)21-17/h3-11,19H,12H2,1-2H3. The normalized spacial score (nSPS) is 14.0. The van der Waals surface area contributed by atoms with Gasteiger partial charge in [-0.15, -0.1) is 11.3 Å². The van der Waals surface area contributed by atoms with Crippen LogP contribution < -0.4 is 4.74 Å². The van der Waals surface area contributed by atoms with Crippen molar-refractivity contribution >= 4 is 21.4 Å². The molecule has 1 atom stereocenters. The van der Waals surface area contributed by atoms with E-state index in [0.29, 0.717) is 6.42 Å². The monoisotopic (exact) mass is 298 g/mol. The summed E-state index contributed by atoms with van der Waals surface area (Å²) in [5, 5.41) is 12.1. The van der Waals surface area contributed by atoms with E-state index in [0.717, 1.165) is 16.2 Å². The Hall–Kier alpha value is -1.84. The van der Waals surface area contributed by atoms with Gasteiger partial charge in [-0.1, -0.05) is 36.4 Å². The average Bonchev–Trinajstić information content (AvgIpc) is 2.92. The molecule has 1 heterocycles. The van der Waals surface area contributed by atoms with Crippen LogP contribution in [0.2, 0.25) is 0 Å². The summed E-state index contributed by atoms with van der Waals surface area (Å²) in [6, 6.07) is 18.1. The summed E-state index contributed by atoms with van der Waals surface area (Å²) in [4.78, 5) is 0.981. The predicted molar refractivity (Wildman–Crippen MR) is 88.1 cm³/mol. The summed E-state index contributed by atoms with van der Waals surface area (Å²) in [6.45, 7) is 1.87. The molecule has 108 valence electrons. The molecule has 1 N–H and O–H groups in total. The van der Waals surface area contributed by atoms with Crippen LogP contribution >= 0.6 is 11.3 Å². The number of rotatable bonds is 4. The zero-order valence-electron chi connectivity index (χ0n) is 12.2. The van der Waals surface area contributed by atoms with Gasteiger partial charge in [-0.05, 0) is 36.1 Å². The lowest BCUT2D eigenvalue weighted by Crippen LogP contribution is -2.23. The first-order valence-electron chi connectivity index (χ1n) is 6.93. The highest BCUT2D eigenvalue weighted by Crippen LogP contribution is 2.36. The summed E-state index contributed by atoms with van der Waals surface area (Å²) < 4.78 is 6.58. The molecule has 1 unspecified atom stereocenters. The number of ether oxygens (including phenoxy) is 1. The van der Waals surface area contributed by atoms with Crippen LogP contribution in [0.15, 0.2) is 54.6 Å². The minimum absolute atomic E-state index is 0.532. The molecule has 0 amide bonds. The van der Waals surface area contributed by atoms with Crippen molar-refractivity contribution in [2.75, 3.05) is 7.11 Å². The molecule has 0 saturated carbocycles. The van der Waals surface area contributed by atoms with E-state index < -0.39 is 5.60 Å². The van der Waals surface area contributed by atoms with Gasteiger partial charge in [-0.2, -0.15) is 0 Å². The van der Waals surface area contributed by atoms with Crippen molar-refractivity contribution in [3.05, 3.63) is 65.0 Å². The second kappa shape index (κ2) is 5.51. The smallest absolute Gasteiger partial charge is 0.122 e. The number of benzene rings is 2. The van der Waals surface area contributed by atoms with E-state index in [4.69, 9.17) is 4.74 Å². The maximum absolute atomic E-state index is 10.9. The molecule has 0 spiro atoms. The van der Waals surface area contributed by atoms with Gasteiger partial charge in [0, 0.05) is 16.0 Å². The number of aliphatic hydroxyl groups is 1. The minimum atomic E-state index is -0.904. The lowest BCUT2D eigenvalue weighted by Gasteiger charge is -2.23. The third kappa shape index (κ3) is 2.80. The van der Waals surface area contributed by atoms with Crippen molar-refractivity contribution in [2.24, 2.45) is 0 Å². The molecule has 0 bridgehead atoms. The van der Waals surface area contributed by atoms with Crippen molar-refractivity contribution < 1.29 is 9.84 Å². The molecule has 0 fully saturated rings. The highest BCUT2D eigenvalue weighted by molar-refractivity contribution is 7.19. The number of hydrogen-bond donors (Lipinski definition) is 1. The molecule has 0 aliphatic heterocycles. The van der Waals surface area contributed by atoms with E-state index >= 15 is 0 Å². The molecular formula is C18H18O2S. The Bertz CT molecular complexity index is 726. The van der Waals surface area contributed by atoms with Crippen molar-refractivity contribution in [1.29, 1.82) is 0 Å². The van der Waals surface area contributed by atoms with E-state index in [1.54, 1.807) is 18.4 Å². The molecular weight excluding hydrogens is 280 g/mol. The lowest BCUT2D eigenvalue weighted by molar-refractivity contribution is 0.0609. The van der Waals surface area contributed by atoms with E-state index in [1.165, 1.54) is 10.1 Å². The second-order valence-corrected chi connectivity index (χ2v) is 6.49. The van der Waals surface area contributed by atoms with E-state index in [-0.39, 0.29) is 0 Å². The summed E-state index contributed by atoms with van der Waals surface area (Å²) in [7, 11) is 1.66. The number of fused-ring (bicyclic) bond motifs is 1. The largest absolute Gasteiger partial charge is 0.496 e. The van der Waals surface area contributed by atoms with Gasteiger partial charge in [0.1, 0.15) is 11.4 Å². The fourth-order valence-electron chi connectivity index (χ4n) is 2.55. The van der Waals surface area contributed by atoms with Crippen molar-refractivity contribution in [2.45, 2.75) is 18.9 Å². The maximum atomic E-state index is 10.9. The van der Waals surface area contributed by atoms with Gasteiger partial charge in [0.2, 0.25) is 0 Å². The molecule has 2 aromatic carbocycles. The number of methoxy groups -OCH3 is 1. The van der Waals surface area contributed by atoms with Crippen molar-refractivity contribution in [1.82, 2.24) is 0 Å². The third-order valence-corrected chi connectivity index (χ3v) is 5.05. The van der Waals surface area contributed by atoms with Crippen LogP contribution in [0, 0.1) is 0 Å². The van der Waals surface area contributed by atoms with Crippen LogP contribution in [0.1, 0.15) is 17.4 Å². The Morgan fingerprint density at radius 2 is 1.81 bits per heavy atom. The Morgan fingerprint density at radius 3 is 2.57 bits per heavy atom. The van der Waals surface area contributed by atoms with Gasteiger partial charge < -0.3 is 9.84 Å². The maximum Gasteiger partial charge on any atom is 0.122 e. The Balaban J connectivity index is 1.96. The summed E-state index contributed by atoms with van der Waals surface area (Å²) in [6.07, 6.45) is 0.532. The van der Waals surface area contributed by atoms with Gasteiger partial charge in [0.15, 0.2) is 0 Å². The molecule has 3 aromatic rings. The Labute approximate surface area is 128 Å². The van der Waals surface area contributed by atoms with Crippen molar-refractivity contribution in [3.63, 3.8) is 0 Å². The van der Waals surface area contributed by atoms with Gasteiger partial charge >= 0.3 is 0 Å². The topological polar surface area (TPSA) is 29.5 Å². The van der Waals surface area contributed by atoms with Gasteiger partial charge in [-0.3, -0.25) is 0 Å². The van der Waals surface area contributed by atoms with E-state index in [2.05, 4.69) is 18.2 Å². The molecule has 0 saturated heterocycles. The fourth-order valence-corrected chi connectivity index (χ4v) is 3.66. The highest BCUT2D eigenvalue weighted by atomic mass is 32.1. The number of para-hydroxylation sites is 1. The van der Waals surface area contributed by atoms with Crippen LogP contribution in [0.4, 0.5) is 0 Å². The van der Waals surface area contributed by atoms with Gasteiger partial charge in [0.25, 0.3) is 0 Å². The summed E-state index contributed by atoms with van der Waals surface area (Å²) >= 11 is 1.65. The molecule has 3 rings (SSSR count). The molecule has 2 nitrogen and oxygen atoms in total. The SMILES string of the molecule is COc1ccccc1CC(C)(O)c1cc2ccccc2s1. The highest BCUT2D eigenvalue weighted by Gasteiger charge is 2.27. The average molecular weight is 298 g/mol. The fraction of sp³-hybridized carbons (Fsp3) is 0.222. The Morgan fingerprint density at radius 1 is 1.10 bits per heavy atom. The third-order valence-electron chi connectivity index (χ3n) is 3.68. The summed E-state index contributed by atoms with van der Waals surface area (Å²) in [5.74, 6) is 0.818. The first-order valence-corrected chi connectivity index (χ1v) is 7.75. The van der Waals surface area contributed by atoms with Crippen molar-refractivity contribution in [3.8, 4) is 5.75 Å². The van der Waals surface area contributed by atoms with Crippen LogP contribution in [0.25, 0.3) is 10.1 Å². The molecule has 1 aromatic heterocycles. The van der Waals surface area contributed by atoms with Crippen LogP contribution in [-0.4, -0.2) is 12.2 Å². The van der Waals surface area contributed by atoms with Crippen LogP contribution in [0.5, 0.6) is 5.75 Å². The van der Waals surface area contributed by atoms with Gasteiger partial charge in [0.05, 0.1) is 7.11 Å². The molecule has 21 heavy (non-hydrogen) atoms. The van der Waals surface area contributed by atoms with E-state index in [1.807, 2.05) is 43.3 Å². The molecule has 0 aliphatic carbocycles. The lowest BCUT2D eigenvalue weighted by atomic mass is 9.94. The summed E-state index contributed by atoms with van der Waals surface area (Å²) in [5.41, 5.74) is 0.112. The molecule has 0 radical (unpaired) electrons. The second-order valence-electron chi connectivity index (χ2n) is 5.41. The van der Waals surface area contributed by atoms with Gasteiger partial charge in [-0.25, -0.2) is 0 Å². The molecule has 3 heteroatoms. The minimum Gasteiger partial charge on any atom is -0.496 e. The molecule has 0 aliphatic rings. The Kier molecular flexibility index (Phi) is 3.70.